The van der Waals surface area contributed by atoms with E-state index in [0.29, 0.717) is 6.10 Å². The standard InChI is InChI=1S/C17H21N3O/c1-3-18-17(16-9-10-19-12(2)20-16)13-5-4-6-15(11-13)21-14-7-8-14/h4-6,9-11,14,17-18H,3,7-8H2,1-2H3. The minimum absolute atomic E-state index is 0.0689. The Bertz CT molecular complexity index is 610. The maximum absolute atomic E-state index is 5.89. The molecule has 4 heteroatoms. The fraction of sp³-hybridized carbons (Fsp3) is 0.412. The Morgan fingerprint density at radius 1 is 1.33 bits per heavy atom. The average molecular weight is 283 g/mol. The van der Waals surface area contributed by atoms with Crippen LogP contribution < -0.4 is 10.1 Å². The van der Waals surface area contributed by atoms with Crippen LogP contribution in [-0.2, 0) is 0 Å². The molecule has 0 aliphatic heterocycles. The Balaban J connectivity index is 1.88. The maximum Gasteiger partial charge on any atom is 0.125 e. The van der Waals surface area contributed by atoms with E-state index in [1.807, 2.05) is 31.3 Å². The molecule has 3 rings (SSSR count). The summed E-state index contributed by atoms with van der Waals surface area (Å²) in [6.07, 6.45) is 4.57. The lowest BCUT2D eigenvalue weighted by Crippen LogP contribution is -2.23. The zero-order chi connectivity index (χ0) is 14.7. The third-order valence-electron chi connectivity index (χ3n) is 3.52. The quantitative estimate of drug-likeness (QED) is 0.885. The predicted molar refractivity (Wildman–Crippen MR) is 82.4 cm³/mol. The molecule has 1 saturated carbocycles. The normalized spacial score (nSPS) is 15.7. The second kappa shape index (κ2) is 6.22. The lowest BCUT2D eigenvalue weighted by atomic mass is 10.0. The first kappa shape index (κ1) is 14.0. The summed E-state index contributed by atoms with van der Waals surface area (Å²) in [7, 11) is 0. The van der Waals surface area contributed by atoms with E-state index in [2.05, 4.69) is 34.3 Å². The van der Waals surface area contributed by atoms with Gasteiger partial charge in [-0.3, -0.25) is 0 Å². The monoisotopic (exact) mass is 283 g/mol. The SMILES string of the molecule is CCNC(c1cccc(OC2CC2)c1)c1ccnc(C)n1. The molecule has 1 fully saturated rings. The third kappa shape index (κ3) is 3.58. The van der Waals surface area contributed by atoms with Crippen molar-refractivity contribution in [1.82, 2.24) is 15.3 Å². The van der Waals surface area contributed by atoms with Crippen molar-refractivity contribution in [2.75, 3.05) is 6.54 Å². The Morgan fingerprint density at radius 3 is 2.90 bits per heavy atom. The van der Waals surface area contributed by atoms with Crippen LogP contribution in [-0.4, -0.2) is 22.6 Å². The largest absolute Gasteiger partial charge is 0.490 e. The fourth-order valence-electron chi connectivity index (χ4n) is 2.38. The molecule has 1 N–H and O–H groups in total. The van der Waals surface area contributed by atoms with Crippen LogP contribution in [0.15, 0.2) is 36.5 Å². The zero-order valence-corrected chi connectivity index (χ0v) is 12.5. The Morgan fingerprint density at radius 2 is 2.19 bits per heavy atom. The molecule has 0 amide bonds. The van der Waals surface area contributed by atoms with E-state index in [-0.39, 0.29) is 6.04 Å². The van der Waals surface area contributed by atoms with Gasteiger partial charge in [-0.15, -0.1) is 0 Å². The second-order valence-electron chi connectivity index (χ2n) is 5.41. The molecule has 1 atom stereocenters. The van der Waals surface area contributed by atoms with Crippen molar-refractivity contribution in [2.24, 2.45) is 0 Å². The first-order chi connectivity index (χ1) is 10.3. The van der Waals surface area contributed by atoms with Gasteiger partial charge in [-0.2, -0.15) is 0 Å². The van der Waals surface area contributed by atoms with Crippen LogP contribution in [0, 0.1) is 6.92 Å². The average Bonchev–Trinajstić information content (AvgIpc) is 3.29. The van der Waals surface area contributed by atoms with Gasteiger partial charge >= 0.3 is 0 Å². The second-order valence-corrected chi connectivity index (χ2v) is 5.41. The lowest BCUT2D eigenvalue weighted by molar-refractivity contribution is 0.302. The van der Waals surface area contributed by atoms with Gasteiger partial charge in [-0.25, -0.2) is 9.97 Å². The molecule has 110 valence electrons. The number of aryl methyl sites for hydroxylation is 1. The van der Waals surface area contributed by atoms with Crippen LogP contribution in [0.25, 0.3) is 0 Å². The number of ether oxygens (including phenoxy) is 1. The summed E-state index contributed by atoms with van der Waals surface area (Å²) in [5.41, 5.74) is 2.17. The topological polar surface area (TPSA) is 47.0 Å². The van der Waals surface area contributed by atoms with E-state index in [1.165, 1.54) is 18.4 Å². The molecule has 0 spiro atoms. The van der Waals surface area contributed by atoms with E-state index in [0.717, 1.165) is 23.8 Å². The molecular weight excluding hydrogens is 262 g/mol. The van der Waals surface area contributed by atoms with Crippen LogP contribution >= 0.6 is 0 Å². The first-order valence-corrected chi connectivity index (χ1v) is 7.56. The van der Waals surface area contributed by atoms with E-state index in [9.17, 15) is 0 Å². The summed E-state index contributed by atoms with van der Waals surface area (Å²) in [5, 5.41) is 3.49. The number of aromatic nitrogens is 2. The van der Waals surface area contributed by atoms with Gasteiger partial charge in [0, 0.05) is 6.20 Å². The van der Waals surface area contributed by atoms with Crippen molar-refractivity contribution in [2.45, 2.75) is 38.8 Å². The number of hydrogen-bond acceptors (Lipinski definition) is 4. The molecule has 1 unspecified atom stereocenters. The van der Waals surface area contributed by atoms with Crippen LogP contribution in [0.3, 0.4) is 0 Å². The van der Waals surface area contributed by atoms with E-state index in [4.69, 9.17) is 4.74 Å². The van der Waals surface area contributed by atoms with E-state index < -0.39 is 0 Å². The summed E-state index contributed by atoms with van der Waals surface area (Å²) < 4.78 is 5.89. The van der Waals surface area contributed by atoms with Crippen LogP contribution in [0.1, 0.15) is 42.9 Å². The highest BCUT2D eigenvalue weighted by atomic mass is 16.5. The van der Waals surface area contributed by atoms with Gasteiger partial charge in [0.2, 0.25) is 0 Å². The summed E-state index contributed by atoms with van der Waals surface area (Å²) >= 11 is 0. The lowest BCUT2D eigenvalue weighted by Gasteiger charge is -2.19. The van der Waals surface area contributed by atoms with Crippen molar-refractivity contribution in [3.05, 3.63) is 53.6 Å². The Labute approximate surface area is 125 Å². The molecule has 1 aliphatic carbocycles. The van der Waals surface area contributed by atoms with Gasteiger partial charge in [0.05, 0.1) is 17.8 Å². The van der Waals surface area contributed by atoms with E-state index >= 15 is 0 Å². The van der Waals surface area contributed by atoms with E-state index in [1.54, 1.807) is 0 Å². The van der Waals surface area contributed by atoms with Gasteiger partial charge in [0.1, 0.15) is 11.6 Å². The van der Waals surface area contributed by atoms with Crippen molar-refractivity contribution in [3.63, 3.8) is 0 Å². The minimum Gasteiger partial charge on any atom is -0.490 e. The van der Waals surface area contributed by atoms with Crippen molar-refractivity contribution >= 4 is 0 Å². The molecule has 1 heterocycles. The number of benzene rings is 1. The number of rotatable bonds is 6. The van der Waals surface area contributed by atoms with Gasteiger partial charge < -0.3 is 10.1 Å². The van der Waals surface area contributed by atoms with Gasteiger partial charge in [0.15, 0.2) is 0 Å². The number of nitrogens with one attached hydrogen (secondary N) is 1. The third-order valence-corrected chi connectivity index (χ3v) is 3.52. The minimum atomic E-state index is 0.0689. The first-order valence-electron chi connectivity index (χ1n) is 7.56. The molecule has 0 saturated heterocycles. The van der Waals surface area contributed by atoms with Crippen LogP contribution in [0.4, 0.5) is 0 Å². The van der Waals surface area contributed by atoms with Gasteiger partial charge in [-0.1, -0.05) is 19.1 Å². The van der Waals surface area contributed by atoms with Crippen molar-refractivity contribution in [1.29, 1.82) is 0 Å². The Hall–Kier alpha value is -1.94. The summed E-state index contributed by atoms with van der Waals surface area (Å²) in [5.74, 6) is 1.74. The summed E-state index contributed by atoms with van der Waals surface area (Å²) in [4.78, 5) is 8.73. The molecule has 4 nitrogen and oxygen atoms in total. The molecule has 1 aliphatic rings. The van der Waals surface area contributed by atoms with Gasteiger partial charge in [0.25, 0.3) is 0 Å². The highest BCUT2D eigenvalue weighted by Gasteiger charge is 2.24. The number of nitrogens with zero attached hydrogens (tertiary/aromatic N) is 2. The molecule has 0 radical (unpaired) electrons. The smallest absolute Gasteiger partial charge is 0.125 e. The predicted octanol–water partition coefficient (Wildman–Crippen LogP) is 3.03. The number of hydrogen-bond donors (Lipinski definition) is 1. The molecule has 0 bridgehead atoms. The van der Waals surface area contributed by atoms with Crippen LogP contribution in [0.2, 0.25) is 0 Å². The molecular formula is C17H21N3O. The highest BCUT2D eigenvalue weighted by molar-refractivity contribution is 5.35. The van der Waals surface area contributed by atoms with Gasteiger partial charge in [-0.05, 0) is 50.1 Å². The fourth-order valence-corrected chi connectivity index (χ4v) is 2.38. The molecule has 2 aromatic rings. The van der Waals surface area contributed by atoms with Crippen molar-refractivity contribution < 1.29 is 4.74 Å². The molecule has 1 aromatic heterocycles. The highest BCUT2D eigenvalue weighted by Crippen LogP contribution is 2.29. The van der Waals surface area contributed by atoms with Crippen LogP contribution in [0.5, 0.6) is 5.75 Å². The Kier molecular flexibility index (Phi) is 4.15. The summed E-state index contributed by atoms with van der Waals surface area (Å²) in [6, 6.07) is 10.3. The molecule has 21 heavy (non-hydrogen) atoms. The summed E-state index contributed by atoms with van der Waals surface area (Å²) in [6.45, 7) is 4.89. The zero-order valence-electron chi connectivity index (χ0n) is 12.5. The molecule has 1 aromatic carbocycles. The maximum atomic E-state index is 5.89. The van der Waals surface area contributed by atoms with Crippen molar-refractivity contribution in [3.8, 4) is 5.75 Å².